The van der Waals surface area contributed by atoms with Crippen molar-refractivity contribution in [3.05, 3.63) is 27.8 Å². The third-order valence-electron chi connectivity index (χ3n) is 5.50. The smallest absolute Gasteiger partial charge is 0.272 e. The minimum atomic E-state index is -3.94. The van der Waals surface area contributed by atoms with Crippen LogP contribution in [0.1, 0.15) is 45.1 Å². The lowest BCUT2D eigenvalue weighted by Gasteiger charge is -2.35. The van der Waals surface area contributed by atoms with Crippen LogP contribution in [0.5, 0.6) is 0 Å². The van der Waals surface area contributed by atoms with Crippen LogP contribution >= 0.6 is 0 Å². The molecular weight excluding hydrogens is 404 g/mol. The predicted molar refractivity (Wildman–Crippen MR) is 119 cm³/mol. The summed E-state index contributed by atoms with van der Waals surface area (Å²) in [6, 6.07) is 2.78. The number of anilines is 1. The van der Waals surface area contributed by atoms with E-state index >= 15 is 0 Å². The van der Waals surface area contributed by atoms with E-state index in [1.165, 1.54) is 16.4 Å². The molecule has 0 aliphatic carbocycles. The summed E-state index contributed by atoms with van der Waals surface area (Å²) in [6.07, 6.45) is 8.71. The molecule has 9 heteroatoms. The highest BCUT2D eigenvalue weighted by Gasteiger charge is 2.35. The van der Waals surface area contributed by atoms with Crippen molar-refractivity contribution in [2.45, 2.75) is 50.5 Å². The molecular formula is C21H32N4O4S. The fraction of sp³-hybridized carbons (Fsp3) is 0.619. The van der Waals surface area contributed by atoms with Crippen LogP contribution in [0.2, 0.25) is 0 Å². The van der Waals surface area contributed by atoms with Crippen molar-refractivity contribution >= 4 is 21.4 Å². The average molecular weight is 437 g/mol. The Kier molecular flexibility index (Phi) is 8.24. The van der Waals surface area contributed by atoms with E-state index in [1.54, 1.807) is 0 Å². The van der Waals surface area contributed by atoms with Gasteiger partial charge in [-0.1, -0.05) is 19.8 Å². The Morgan fingerprint density at radius 3 is 2.20 bits per heavy atom. The first-order valence-corrected chi connectivity index (χ1v) is 11.8. The number of hydrogen-bond acceptors (Lipinski definition) is 6. The van der Waals surface area contributed by atoms with E-state index in [2.05, 4.69) is 10.8 Å². The average Bonchev–Trinajstić information content (AvgIpc) is 2.72. The van der Waals surface area contributed by atoms with E-state index in [4.69, 9.17) is 6.42 Å². The second kappa shape index (κ2) is 10.2. The monoisotopic (exact) mass is 436 g/mol. The third-order valence-corrected chi connectivity index (χ3v) is 7.41. The summed E-state index contributed by atoms with van der Waals surface area (Å²) in [5, 5.41) is 11.5. The zero-order valence-electron chi connectivity index (χ0n) is 18.3. The van der Waals surface area contributed by atoms with Crippen LogP contribution in [0, 0.1) is 22.5 Å². The number of nitrogens with zero attached hydrogens (tertiary/aromatic N) is 4. The van der Waals surface area contributed by atoms with Gasteiger partial charge in [-0.05, 0) is 39.8 Å². The van der Waals surface area contributed by atoms with E-state index in [-0.39, 0.29) is 16.1 Å². The van der Waals surface area contributed by atoms with Crippen molar-refractivity contribution in [1.29, 1.82) is 0 Å². The van der Waals surface area contributed by atoms with E-state index in [1.807, 2.05) is 32.8 Å². The summed E-state index contributed by atoms with van der Waals surface area (Å²) in [5.41, 5.74) is 0.343. The molecule has 2 rings (SSSR count). The Bertz CT molecular complexity index is 894. The van der Waals surface area contributed by atoms with E-state index < -0.39 is 14.9 Å². The van der Waals surface area contributed by atoms with Crippen LogP contribution in [0.4, 0.5) is 11.4 Å². The number of nitro benzene ring substituents is 1. The first kappa shape index (κ1) is 24.1. The van der Waals surface area contributed by atoms with Crippen LogP contribution in [0.3, 0.4) is 0 Å². The summed E-state index contributed by atoms with van der Waals surface area (Å²) in [6.45, 7) is 5.99. The summed E-state index contributed by atoms with van der Waals surface area (Å²) in [5.74, 6) is 2.49. The molecule has 0 saturated carbocycles. The fourth-order valence-electron chi connectivity index (χ4n) is 3.94. The Labute approximate surface area is 180 Å². The molecule has 0 radical (unpaired) electrons. The maximum atomic E-state index is 13.6. The minimum Gasteiger partial charge on any atom is -0.369 e. The molecule has 1 saturated heterocycles. The van der Waals surface area contributed by atoms with Crippen LogP contribution in [0.15, 0.2) is 17.0 Å². The molecule has 1 aromatic rings. The number of rotatable bonds is 9. The van der Waals surface area contributed by atoms with Crippen molar-refractivity contribution in [1.82, 2.24) is 9.21 Å². The molecule has 8 nitrogen and oxygen atoms in total. The molecule has 0 unspecified atom stereocenters. The van der Waals surface area contributed by atoms with Gasteiger partial charge in [0.2, 0.25) is 10.0 Å². The van der Waals surface area contributed by atoms with Gasteiger partial charge in [0.05, 0.1) is 16.2 Å². The van der Waals surface area contributed by atoms with Crippen LogP contribution in [0.25, 0.3) is 0 Å². The van der Waals surface area contributed by atoms with Gasteiger partial charge in [0.1, 0.15) is 4.90 Å². The summed E-state index contributed by atoms with van der Waals surface area (Å²) in [7, 11) is 0.0334. The van der Waals surface area contributed by atoms with Crippen molar-refractivity contribution in [3.8, 4) is 12.3 Å². The molecule has 1 aliphatic heterocycles. The van der Waals surface area contributed by atoms with Gasteiger partial charge in [-0.3, -0.25) is 10.1 Å². The molecule has 0 amide bonds. The van der Waals surface area contributed by atoms with Gasteiger partial charge in [0, 0.05) is 44.4 Å². The first-order chi connectivity index (χ1) is 14.2. The van der Waals surface area contributed by atoms with E-state index in [9.17, 15) is 18.5 Å². The van der Waals surface area contributed by atoms with Crippen molar-refractivity contribution < 1.29 is 13.3 Å². The second-order valence-corrected chi connectivity index (χ2v) is 9.73. The van der Waals surface area contributed by atoms with Crippen molar-refractivity contribution in [2.24, 2.45) is 0 Å². The number of hydrogen-bond donors (Lipinski definition) is 0. The zero-order chi connectivity index (χ0) is 22.5. The SMILES string of the molecule is C#Cc1cc([N+](=O)[O-])cc(S(=O)(=O)N2CCC(N(C)C)CC2)c1N(CCC)CCC. The Morgan fingerprint density at radius 1 is 1.20 bits per heavy atom. The van der Waals surface area contributed by atoms with E-state index in [0.717, 1.165) is 12.8 Å². The Morgan fingerprint density at radius 2 is 1.77 bits per heavy atom. The molecule has 0 aromatic heterocycles. The Balaban J connectivity index is 2.62. The highest BCUT2D eigenvalue weighted by atomic mass is 32.2. The second-order valence-electron chi connectivity index (χ2n) is 7.83. The van der Waals surface area contributed by atoms with Gasteiger partial charge in [0.25, 0.3) is 5.69 Å². The number of benzene rings is 1. The van der Waals surface area contributed by atoms with Crippen LogP contribution < -0.4 is 4.90 Å². The predicted octanol–water partition coefficient (Wildman–Crippen LogP) is 2.92. The fourth-order valence-corrected chi connectivity index (χ4v) is 5.67. The maximum Gasteiger partial charge on any atom is 0.272 e. The molecule has 30 heavy (non-hydrogen) atoms. The molecule has 166 valence electrons. The summed E-state index contributed by atoms with van der Waals surface area (Å²) in [4.78, 5) is 14.9. The maximum absolute atomic E-state index is 13.6. The minimum absolute atomic E-state index is 0.0603. The van der Waals surface area contributed by atoms with Crippen molar-refractivity contribution in [3.63, 3.8) is 0 Å². The normalized spacial score (nSPS) is 15.9. The standard InChI is InChI=1S/C21H32N4O4S/c1-6-11-23(12-7-2)21-17(8-3)15-19(25(26)27)16-20(21)30(28,29)24-13-9-18(10-14-24)22(4)5/h3,15-16,18H,6-7,9-14H2,1-2,4-5H3. The largest absolute Gasteiger partial charge is 0.369 e. The lowest BCUT2D eigenvalue weighted by Crippen LogP contribution is -2.44. The van der Waals surface area contributed by atoms with Gasteiger partial charge < -0.3 is 9.80 Å². The molecule has 1 heterocycles. The number of nitro groups is 1. The quantitative estimate of drug-likeness (QED) is 0.336. The molecule has 0 atom stereocenters. The lowest BCUT2D eigenvalue weighted by molar-refractivity contribution is -0.385. The highest BCUT2D eigenvalue weighted by Crippen LogP contribution is 2.36. The number of non-ortho nitro benzene ring substituents is 1. The topological polar surface area (TPSA) is 87.0 Å². The van der Waals surface area contributed by atoms with Gasteiger partial charge >= 0.3 is 0 Å². The summed E-state index contributed by atoms with van der Waals surface area (Å²) >= 11 is 0. The van der Waals surface area contributed by atoms with Gasteiger partial charge in [-0.15, -0.1) is 6.42 Å². The van der Waals surface area contributed by atoms with Gasteiger partial charge in [-0.25, -0.2) is 8.42 Å². The molecule has 1 aliphatic rings. The lowest BCUT2D eigenvalue weighted by atomic mass is 10.1. The van der Waals surface area contributed by atoms with Gasteiger partial charge in [0.15, 0.2) is 0 Å². The molecule has 1 aromatic carbocycles. The third kappa shape index (κ3) is 5.12. The number of terminal acetylenes is 1. The number of sulfonamides is 1. The summed E-state index contributed by atoms with van der Waals surface area (Å²) < 4.78 is 28.7. The molecule has 1 fully saturated rings. The zero-order valence-corrected chi connectivity index (χ0v) is 19.1. The van der Waals surface area contributed by atoms with E-state index in [0.29, 0.717) is 50.7 Å². The number of piperidine rings is 1. The highest BCUT2D eigenvalue weighted by molar-refractivity contribution is 7.89. The molecule has 0 N–H and O–H groups in total. The van der Waals surface area contributed by atoms with Crippen LogP contribution in [-0.4, -0.2) is 68.9 Å². The van der Waals surface area contributed by atoms with Crippen LogP contribution in [-0.2, 0) is 10.0 Å². The van der Waals surface area contributed by atoms with Gasteiger partial charge in [-0.2, -0.15) is 4.31 Å². The first-order valence-electron chi connectivity index (χ1n) is 10.4. The molecule has 0 spiro atoms. The molecule has 0 bridgehead atoms. The van der Waals surface area contributed by atoms with Crippen molar-refractivity contribution in [2.75, 3.05) is 45.2 Å². The Hall–Kier alpha value is -2.15.